The first-order valence-electron chi connectivity index (χ1n) is 13.0. The van der Waals surface area contributed by atoms with E-state index in [4.69, 9.17) is 13.9 Å². The molecule has 1 atom stereocenters. The Bertz CT molecular complexity index is 1220. The molecule has 1 aromatic heterocycles. The first-order valence-corrected chi connectivity index (χ1v) is 13.0. The van der Waals surface area contributed by atoms with E-state index in [0.717, 1.165) is 50.7 Å². The van der Waals surface area contributed by atoms with E-state index in [0.29, 0.717) is 12.3 Å². The standard InChI is InChI=1S/C28H32N4O5/c1-2-35-27(34)19-10-14-21(15-11-19)36-22-16-12-20(13-17-22)29-25(33)26-31-32-28(37-26)30-24-9-5-7-18-6-3-4-8-23(18)24/h3-4,6,8,12-13,16-17,19,21,24H,2,5,7,9-11,14-15H2,1H3,(H,29,33)(H,30,32). The predicted octanol–water partition coefficient (Wildman–Crippen LogP) is 5.31. The zero-order chi connectivity index (χ0) is 25.6. The lowest BCUT2D eigenvalue weighted by Gasteiger charge is -2.27. The molecule has 1 unspecified atom stereocenters. The number of aryl methyl sites for hydroxylation is 1. The monoisotopic (exact) mass is 504 g/mol. The van der Waals surface area contributed by atoms with Crippen LogP contribution in [0.4, 0.5) is 11.7 Å². The first-order chi connectivity index (χ1) is 18.1. The fourth-order valence-electron chi connectivity index (χ4n) is 5.10. The van der Waals surface area contributed by atoms with Crippen LogP contribution in [0.2, 0.25) is 0 Å². The van der Waals surface area contributed by atoms with Gasteiger partial charge in [0, 0.05) is 5.69 Å². The van der Waals surface area contributed by atoms with Gasteiger partial charge in [-0.1, -0.05) is 29.4 Å². The lowest BCUT2D eigenvalue weighted by atomic mass is 9.87. The van der Waals surface area contributed by atoms with Crippen molar-refractivity contribution < 1.29 is 23.5 Å². The third-order valence-electron chi connectivity index (χ3n) is 7.00. The Kier molecular flexibility index (Phi) is 7.67. The van der Waals surface area contributed by atoms with Crippen molar-refractivity contribution in [3.05, 3.63) is 65.5 Å². The summed E-state index contributed by atoms with van der Waals surface area (Å²) in [5.74, 6) is -0.00348. The maximum Gasteiger partial charge on any atom is 0.316 e. The van der Waals surface area contributed by atoms with Gasteiger partial charge in [0.1, 0.15) is 5.75 Å². The smallest absolute Gasteiger partial charge is 0.316 e. The van der Waals surface area contributed by atoms with Crippen LogP contribution in [-0.2, 0) is 16.0 Å². The van der Waals surface area contributed by atoms with Gasteiger partial charge < -0.3 is 24.5 Å². The van der Waals surface area contributed by atoms with Crippen molar-refractivity contribution in [3.63, 3.8) is 0 Å². The molecule has 9 nitrogen and oxygen atoms in total. The molecule has 3 aromatic rings. The number of anilines is 2. The SMILES string of the molecule is CCOC(=O)C1CCC(Oc2ccc(NC(=O)c3nnc(NC4CCCc5ccccc54)o3)cc2)CC1. The van der Waals surface area contributed by atoms with Crippen LogP contribution >= 0.6 is 0 Å². The second kappa shape index (κ2) is 11.5. The molecule has 2 aliphatic rings. The molecule has 2 N–H and O–H groups in total. The van der Waals surface area contributed by atoms with Crippen molar-refractivity contribution in [2.75, 3.05) is 17.2 Å². The number of nitrogens with one attached hydrogen (secondary N) is 2. The fourth-order valence-corrected chi connectivity index (χ4v) is 5.10. The quantitative estimate of drug-likeness (QED) is 0.397. The third kappa shape index (κ3) is 6.10. The van der Waals surface area contributed by atoms with Gasteiger partial charge in [0.2, 0.25) is 0 Å². The van der Waals surface area contributed by atoms with E-state index in [1.54, 1.807) is 12.1 Å². The van der Waals surface area contributed by atoms with Crippen molar-refractivity contribution in [2.24, 2.45) is 5.92 Å². The summed E-state index contributed by atoms with van der Waals surface area (Å²) in [6, 6.07) is 15.8. The number of fused-ring (bicyclic) bond motifs is 1. The summed E-state index contributed by atoms with van der Waals surface area (Å²) in [6.45, 7) is 2.24. The van der Waals surface area contributed by atoms with Gasteiger partial charge in [-0.05, 0) is 87.3 Å². The van der Waals surface area contributed by atoms with Gasteiger partial charge in [0.15, 0.2) is 0 Å². The molecule has 0 bridgehead atoms. The molecule has 0 saturated heterocycles. The molecule has 2 aromatic carbocycles. The van der Waals surface area contributed by atoms with E-state index in [1.165, 1.54) is 11.1 Å². The molecule has 1 heterocycles. The Morgan fingerprint density at radius 2 is 1.78 bits per heavy atom. The average molecular weight is 505 g/mol. The lowest BCUT2D eigenvalue weighted by molar-refractivity contribution is -0.149. The summed E-state index contributed by atoms with van der Waals surface area (Å²) in [4.78, 5) is 24.6. The van der Waals surface area contributed by atoms with Crippen LogP contribution in [0.3, 0.4) is 0 Å². The number of amides is 1. The number of ether oxygens (including phenoxy) is 2. The van der Waals surface area contributed by atoms with Crippen molar-refractivity contribution >= 4 is 23.6 Å². The van der Waals surface area contributed by atoms with Crippen molar-refractivity contribution in [1.82, 2.24) is 10.2 Å². The minimum Gasteiger partial charge on any atom is -0.490 e. The van der Waals surface area contributed by atoms with Crippen LogP contribution in [-0.4, -0.2) is 34.8 Å². The molecule has 1 fully saturated rings. The van der Waals surface area contributed by atoms with Gasteiger partial charge >= 0.3 is 23.8 Å². The minimum atomic E-state index is -0.476. The lowest BCUT2D eigenvalue weighted by Crippen LogP contribution is -2.29. The molecule has 5 rings (SSSR count). The summed E-state index contributed by atoms with van der Waals surface area (Å²) in [6.07, 6.45) is 6.31. The van der Waals surface area contributed by atoms with E-state index in [9.17, 15) is 9.59 Å². The number of carbonyl (C=O) groups excluding carboxylic acids is 2. The summed E-state index contributed by atoms with van der Waals surface area (Å²) in [5.41, 5.74) is 3.14. The molecule has 0 spiro atoms. The maximum absolute atomic E-state index is 12.6. The molecule has 194 valence electrons. The second-order valence-corrected chi connectivity index (χ2v) is 9.52. The van der Waals surface area contributed by atoms with E-state index >= 15 is 0 Å². The minimum absolute atomic E-state index is 0.0312. The number of nitrogens with zero attached hydrogens (tertiary/aromatic N) is 2. The maximum atomic E-state index is 12.6. The van der Waals surface area contributed by atoms with Crippen LogP contribution in [0.15, 0.2) is 52.9 Å². The van der Waals surface area contributed by atoms with E-state index < -0.39 is 5.91 Å². The molecule has 37 heavy (non-hydrogen) atoms. The molecule has 9 heteroatoms. The van der Waals surface area contributed by atoms with Gasteiger partial charge in [-0.3, -0.25) is 9.59 Å². The van der Waals surface area contributed by atoms with Crippen LogP contribution in [0.5, 0.6) is 5.75 Å². The Hall–Kier alpha value is -3.88. The number of esters is 1. The summed E-state index contributed by atoms with van der Waals surface area (Å²) in [7, 11) is 0. The van der Waals surface area contributed by atoms with E-state index in [1.807, 2.05) is 31.2 Å². The van der Waals surface area contributed by atoms with Gasteiger partial charge in [-0.25, -0.2) is 0 Å². The Labute approximate surface area is 215 Å². The average Bonchev–Trinajstić information content (AvgIpc) is 3.39. The number of hydrogen-bond acceptors (Lipinski definition) is 8. The van der Waals surface area contributed by atoms with Gasteiger partial charge in [0.05, 0.1) is 24.7 Å². The van der Waals surface area contributed by atoms with E-state index in [-0.39, 0.29) is 35.9 Å². The van der Waals surface area contributed by atoms with Crippen LogP contribution in [0.25, 0.3) is 0 Å². The number of benzene rings is 2. The van der Waals surface area contributed by atoms with Crippen LogP contribution in [0, 0.1) is 5.92 Å². The predicted molar refractivity (Wildman–Crippen MR) is 137 cm³/mol. The molecule has 1 saturated carbocycles. The topological polar surface area (TPSA) is 116 Å². The highest BCUT2D eigenvalue weighted by Crippen LogP contribution is 2.32. The molecule has 2 aliphatic carbocycles. The summed E-state index contributed by atoms with van der Waals surface area (Å²) < 4.78 is 16.8. The number of aromatic nitrogens is 2. The molecule has 0 aliphatic heterocycles. The highest BCUT2D eigenvalue weighted by molar-refractivity contribution is 6.00. The van der Waals surface area contributed by atoms with Crippen molar-refractivity contribution in [3.8, 4) is 5.75 Å². The van der Waals surface area contributed by atoms with Gasteiger partial charge in [-0.15, -0.1) is 5.10 Å². The third-order valence-corrected chi connectivity index (χ3v) is 7.00. The van der Waals surface area contributed by atoms with Crippen molar-refractivity contribution in [1.29, 1.82) is 0 Å². The van der Waals surface area contributed by atoms with Crippen molar-refractivity contribution in [2.45, 2.75) is 64.0 Å². The zero-order valence-corrected chi connectivity index (χ0v) is 20.9. The molecule has 1 amide bonds. The number of hydrogen-bond donors (Lipinski definition) is 2. The summed E-state index contributed by atoms with van der Waals surface area (Å²) >= 11 is 0. The zero-order valence-electron chi connectivity index (χ0n) is 20.9. The first kappa shape index (κ1) is 24.8. The second-order valence-electron chi connectivity index (χ2n) is 9.52. The van der Waals surface area contributed by atoms with Crippen LogP contribution in [0.1, 0.15) is 73.3 Å². The fraction of sp³-hybridized carbons (Fsp3) is 0.429. The molecular weight excluding hydrogens is 472 g/mol. The highest BCUT2D eigenvalue weighted by Gasteiger charge is 2.28. The number of carbonyl (C=O) groups is 2. The van der Waals surface area contributed by atoms with Gasteiger partial charge in [-0.2, -0.15) is 0 Å². The Balaban J connectivity index is 1.11. The normalized spacial score (nSPS) is 20.9. The highest BCUT2D eigenvalue weighted by atomic mass is 16.5. The molecule has 0 radical (unpaired) electrons. The van der Waals surface area contributed by atoms with Crippen LogP contribution < -0.4 is 15.4 Å². The largest absolute Gasteiger partial charge is 0.490 e. The molecular formula is C28H32N4O5. The van der Waals surface area contributed by atoms with Gasteiger partial charge in [0.25, 0.3) is 0 Å². The Morgan fingerprint density at radius 3 is 2.57 bits per heavy atom. The Morgan fingerprint density at radius 1 is 1.00 bits per heavy atom. The van der Waals surface area contributed by atoms with E-state index in [2.05, 4.69) is 33.0 Å². The number of rotatable bonds is 8. The summed E-state index contributed by atoms with van der Waals surface area (Å²) in [5, 5.41) is 14.0.